The van der Waals surface area contributed by atoms with Crippen LogP contribution in [0, 0.1) is 0 Å². The zero-order valence-corrected chi connectivity index (χ0v) is 13.3. The number of nitrogens with zero attached hydrogens (tertiary/aromatic N) is 1. The Balaban J connectivity index is 1.69. The molecule has 1 aromatic heterocycles. The molecule has 0 saturated heterocycles. The normalized spacial score (nSPS) is 10.7. The summed E-state index contributed by atoms with van der Waals surface area (Å²) >= 11 is 0. The molecule has 1 aromatic carbocycles. The number of esters is 1. The predicted molar refractivity (Wildman–Crippen MR) is 90.2 cm³/mol. The van der Waals surface area contributed by atoms with Crippen LogP contribution in [0.3, 0.4) is 0 Å². The predicted octanol–water partition coefficient (Wildman–Crippen LogP) is 3.67. The molecule has 4 nitrogen and oxygen atoms in total. The Hall–Kier alpha value is -2.62. The van der Waals surface area contributed by atoms with Gasteiger partial charge in [-0.3, -0.25) is 4.98 Å². The van der Waals surface area contributed by atoms with Crippen LogP contribution < -0.4 is 4.74 Å². The second-order valence-corrected chi connectivity index (χ2v) is 4.97. The fourth-order valence-corrected chi connectivity index (χ4v) is 2.05. The van der Waals surface area contributed by atoms with Crippen molar-refractivity contribution in [2.24, 2.45) is 0 Å². The van der Waals surface area contributed by atoms with E-state index in [4.69, 9.17) is 9.47 Å². The van der Waals surface area contributed by atoms with Gasteiger partial charge >= 0.3 is 5.97 Å². The van der Waals surface area contributed by atoms with Crippen LogP contribution in [0.5, 0.6) is 5.75 Å². The van der Waals surface area contributed by atoms with Gasteiger partial charge in [0.05, 0.1) is 13.2 Å². The minimum absolute atomic E-state index is 0.329. The second-order valence-electron chi connectivity index (χ2n) is 4.97. The summed E-state index contributed by atoms with van der Waals surface area (Å²) in [6.45, 7) is 2.99. The molecule has 0 fully saturated rings. The van der Waals surface area contributed by atoms with Crippen LogP contribution in [-0.4, -0.2) is 24.2 Å². The van der Waals surface area contributed by atoms with E-state index in [2.05, 4.69) is 4.98 Å². The van der Waals surface area contributed by atoms with Crippen LogP contribution in [0.2, 0.25) is 0 Å². The van der Waals surface area contributed by atoms with E-state index in [1.807, 2.05) is 49.5 Å². The number of carbonyl (C=O) groups excluding carboxylic acids is 1. The topological polar surface area (TPSA) is 48.4 Å². The van der Waals surface area contributed by atoms with Gasteiger partial charge in [-0.2, -0.15) is 0 Å². The van der Waals surface area contributed by atoms with Gasteiger partial charge in [-0.25, -0.2) is 4.79 Å². The Morgan fingerprint density at radius 3 is 2.74 bits per heavy atom. The van der Waals surface area contributed by atoms with Gasteiger partial charge in [-0.05, 0) is 55.2 Å². The van der Waals surface area contributed by atoms with E-state index in [1.165, 1.54) is 6.08 Å². The number of carbonyl (C=O) groups is 1. The van der Waals surface area contributed by atoms with Crippen molar-refractivity contribution in [2.45, 2.75) is 19.8 Å². The van der Waals surface area contributed by atoms with E-state index < -0.39 is 0 Å². The van der Waals surface area contributed by atoms with E-state index >= 15 is 0 Å². The molecule has 2 rings (SSSR count). The summed E-state index contributed by atoms with van der Waals surface area (Å²) in [5, 5.41) is 0. The lowest BCUT2D eigenvalue weighted by Gasteiger charge is -2.03. The third kappa shape index (κ3) is 6.34. The molecule has 4 heteroatoms. The zero-order chi connectivity index (χ0) is 16.3. The van der Waals surface area contributed by atoms with Crippen LogP contribution in [0.25, 0.3) is 6.08 Å². The average Bonchev–Trinajstić information content (AvgIpc) is 2.59. The van der Waals surface area contributed by atoms with Crippen LogP contribution >= 0.6 is 0 Å². The monoisotopic (exact) mass is 311 g/mol. The maximum atomic E-state index is 11.7. The molecule has 1 heterocycles. The van der Waals surface area contributed by atoms with Gasteiger partial charge in [0.2, 0.25) is 0 Å². The van der Waals surface area contributed by atoms with Crippen molar-refractivity contribution >= 4 is 12.0 Å². The molecule has 0 aliphatic carbocycles. The lowest BCUT2D eigenvalue weighted by Crippen LogP contribution is -2.03. The zero-order valence-electron chi connectivity index (χ0n) is 13.3. The third-order valence-corrected chi connectivity index (χ3v) is 3.18. The Labute approximate surface area is 136 Å². The smallest absolute Gasteiger partial charge is 0.330 e. The van der Waals surface area contributed by atoms with Crippen LogP contribution in [0.1, 0.15) is 24.5 Å². The standard InChI is InChI=1S/C19H21NO3/c1-2-22-18-10-7-16(8-11-18)9-12-19(21)23-14-4-6-17-5-3-13-20-15-17/h3,5,7-13,15H,2,4,6,14H2,1H3/b12-9+. The summed E-state index contributed by atoms with van der Waals surface area (Å²) in [6.07, 6.45) is 8.39. The summed E-state index contributed by atoms with van der Waals surface area (Å²) in [4.78, 5) is 15.7. The molecule has 23 heavy (non-hydrogen) atoms. The molecule has 0 unspecified atom stereocenters. The highest BCUT2D eigenvalue weighted by molar-refractivity contribution is 5.87. The highest BCUT2D eigenvalue weighted by Crippen LogP contribution is 2.13. The van der Waals surface area contributed by atoms with E-state index in [9.17, 15) is 4.79 Å². The Bertz CT molecular complexity index is 621. The van der Waals surface area contributed by atoms with Gasteiger partial charge in [0.15, 0.2) is 0 Å². The molecule has 0 spiro atoms. The van der Waals surface area contributed by atoms with Crippen LogP contribution in [0.15, 0.2) is 54.9 Å². The van der Waals surface area contributed by atoms with Crippen molar-refractivity contribution in [2.75, 3.05) is 13.2 Å². The lowest BCUT2D eigenvalue weighted by molar-refractivity contribution is -0.137. The van der Waals surface area contributed by atoms with Gasteiger partial charge < -0.3 is 9.47 Å². The van der Waals surface area contributed by atoms with Crippen molar-refractivity contribution in [3.8, 4) is 5.75 Å². The summed E-state index contributed by atoms with van der Waals surface area (Å²) < 4.78 is 10.5. The molecule has 2 aromatic rings. The largest absolute Gasteiger partial charge is 0.494 e. The molecule has 0 bridgehead atoms. The number of benzene rings is 1. The molecule has 120 valence electrons. The van der Waals surface area contributed by atoms with E-state index in [1.54, 1.807) is 12.3 Å². The first-order valence-electron chi connectivity index (χ1n) is 7.74. The number of pyridine rings is 1. The van der Waals surface area contributed by atoms with E-state index in [-0.39, 0.29) is 5.97 Å². The number of aryl methyl sites for hydroxylation is 1. The van der Waals surface area contributed by atoms with Gasteiger partial charge in [-0.15, -0.1) is 0 Å². The molecular weight excluding hydrogens is 290 g/mol. The third-order valence-electron chi connectivity index (χ3n) is 3.18. The van der Waals surface area contributed by atoms with Gasteiger partial charge in [0.25, 0.3) is 0 Å². The van der Waals surface area contributed by atoms with Crippen molar-refractivity contribution in [1.29, 1.82) is 0 Å². The fraction of sp³-hybridized carbons (Fsp3) is 0.263. The summed E-state index contributed by atoms with van der Waals surface area (Å²) in [5.41, 5.74) is 2.08. The second kappa shape index (κ2) is 9.41. The lowest BCUT2D eigenvalue weighted by atomic mass is 10.2. The SMILES string of the molecule is CCOc1ccc(/C=C/C(=O)OCCCc2cccnc2)cc1. The average molecular weight is 311 g/mol. The Kier molecular flexibility index (Phi) is 6.85. The minimum Gasteiger partial charge on any atom is -0.494 e. The summed E-state index contributed by atoms with van der Waals surface area (Å²) in [6, 6.07) is 11.5. The summed E-state index contributed by atoms with van der Waals surface area (Å²) in [7, 11) is 0. The minimum atomic E-state index is -0.329. The van der Waals surface area contributed by atoms with Crippen LogP contribution in [-0.2, 0) is 16.0 Å². The van der Waals surface area contributed by atoms with Crippen LogP contribution in [0.4, 0.5) is 0 Å². The molecular formula is C19H21NO3. The first-order chi connectivity index (χ1) is 11.3. The number of aromatic nitrogens is 1. The van der Waals surface area contributed by atoms with Crippen molar-refractivity contribution in [3.05, 3.63) is 66.0 Å². The van der Waals surface area contributed by atoms with E-state index in [0.29, 0.717) is 13.2 Å². The summed E-state index contributed by atoms with van der Waals surface area (Å²) in [5.74, 6) is 0.493. The number of ether oxygens (including phenoxy) is 2. The fourth-order valence-electron chi connectivity index (χ4n) is 2.05. The quantitative estimate of drug-likeness (QED) is 0.424. The number of hydrogen-bond acceptors (Lipinski definition) is 4. The number of rotatable bonds is 8. The van der Waals surface area contributed by atoms with Crippen molar-refractivity contribution in [3.63, 3.8) is 0 Å². The van der Waals surface area contributed by atoms with Gasteiger partial charge in [0, 0.05) is 18.5 Å². The molecule has 0 N–H and O–H groups in total. The number of hydrogen-bond donors (Lipinski definition) is 0. The maximum Gasteiger partial charge on any atom is 0.330 e. The highest BCUT2D eigenvalue weighted by atomic mass is 16.5. The maximum absolute atomic E-state index is 11.7. The highest BCUT2D eigenvalue weighted by Gasteiger charge is 1.98. The van der Waals surface area contributed by atoms with Gasteiger partial charge in [0.1, 0.15) is 5.75 Å². The van der Waals surface area contributed by atoms with E-state index in [0.717, 1.165) is 29.7 Å². The molecule has 0 radical (unpaired) electrons. The van der Waals surface area contributed by atoms with Crippen molar-refractivity contribution in [1.82, 2.24) is 4.98 Å². The molecule has 0 saturated carbocycles. The van der Waals surface area contributed by atoms with Crippen molar-refractivity contribution < 1.29 is 14.3 Å². The first kappa shape index (κ1) is 16.7. The molecule has 0 atom stereocenters. The molecule has 0 aliphatic rings. The first-order valence-corrected chi connectivity index (χ1v) is 7.74. The molecule has 0 aliphatic heterocycles. The Morgan fingerprint density at radius 1 is 1.22 bits per heavy atom. The molecule has 0 amide bonds. The van der Waals surface area contributed by atoms with Gasteiger partial charge in [-0.1, -0.05) is 18.2 Å². The Morgan fingerprint density at radius 2 is 2.04 bits per heavy atom.